The number of carbonyl (C=O) groups is 2. The Morgan fingerprint density at radius 2 is 1.82 bits per heavy atom. The fraction of sp³-hybridized carbons (Fsp3) is 0.364. The van der Waals surface area contributed by atoms with Crippen LogP contribution in [0.25, 0.3) is 0 Å². The summed E-state index contributed by atoms with van der Waals surface area (Å²) in [5.74, 6) is 0.0270. The lowest BCUT2D eigenvalue weighted by molar-refractivity contribution is -0.121. The van der Waals surface area contributed by atoms with Crippen molar-refractivity contribution in [2.45, 2.75) is 26.7 Å². The molecule has 0 aliphatic carbocycles. The van der Waals surface area contributed by atoms with E-state index >= 15 is 0 Å². The van der Waals surface area contributed by atoms with Crippen molar-refractivity contribution in [1.29, 1.82) is 0 Å². The van der Waals surface area contributed by atoms with Gasteiger partial charge in [0.25, 0.3) is 0 Å². The highest BCUT2D eigenvalue weighted by molar-refractivity contribution is 9.10. The Hall–Kier alpha value is -2.18. The molecular weight excluding hydrogens is 418 g/mol. The van der Waals surface area contributed by atoms with Crippen LogP contribution >= 0.6 is 15.9 Å². The summed E-state index contributed by atoms with van der Waals surface area (Å²) in [6, 6.07) is 13.6. The number of hydrogen-bond donors (Lipinski definition) is 2. The van der Waals surface area contributed by atoms with Gasteiger partial charge in [0.1, 0.15) is 0 Å². The first-order valence-corrected chi connectivity index (χ1v) is 10.4. The number of rotatable bonds is 5. The fourth-order valence-electron chi connectivity index (χ4n) is 3.51. The largest absolute Gasteiger partial charge is 0.326 e. The van der Waals surface area contributed by atoms with Crippen molar-refractivity contribution in [2.24, 2.45) is 5.92 Å². The van der Waals surface area contributed by atoms with Gasteiger partial charge in [0.2, 0.25) is 11.8 Å². The number of likely N-dealkylation sites (tertiary alicyclic amines) is 1. The van der Waals surface area contributed by atoms with Gasteiger partial charge in [0, 0.05) is 21.8 Å². The van der Waals surface area contributed by atoms with Crippen LogP contribution in [0.2, 0.25) is 0 Å². The van der Waals surface area contributed by atoms with E-state index in [9.17, 15) is 9.59 Å². The molecule has 1 fully saturated rings. The van der Waals surface area contributed by atoms with Gasteiger partial charge in [0.15, 0.2) is 0 Å². The minimum absolute atomic E-state index is 0.0102. The van der Waals surface area contributed by atoms with Crippen molar-refractivity contribution in [3.8, 4) is 0 Å². The number of nitrogens with one attached hydrogen (secondary N) is 2. The van der Waals surface area contributed by atoms with E-state index in [0.717, 1.165) is 47.3 Å². The van der Waals surface area contributed by atoms with Gasteiger partial charge >= 0.3 is 0 Å². The van der Waals surface area contributed by atoms with Gasteiger partial charge in [-0.25, -0.2) is 0 Å². The zero-order valence-corrected chi connectivity index (χ0v) is 17.9. The third kappa shape index (κ3) is 5.66. The molecule has 0 saturated carbocycles. The summed E-state index contributed by atoms with van der Waals surface area (Å²) in [4.78, 5) is 27.0. The predicted octanol–water partition coefficient (Wildman–Crippen LogP) is 4.36. The first-order chi connectivity index (χ1) is 13.4. The molecule has 0 spiro atoms. The first kappa shape index (κ1) is 20.6. The number of nitrogens with zero attached hydrogens (tertiary/aromatic N) is 1. The Labute approximate surface area is 174 Å². The van der Waals surface area contributed by atoms with Crippen LogP contribution in [-0.2, 0) is 9.59 Å². The zero-order valence-electron chi connectivity index (χ0n) is 16.3. The topological polar surface area (TPSA) is 61.4 Å². The molecule has 1 aliphatic heterocycles. The zero-order chi connectivity index (χ0) is 20.1. The summed E-state index contributed by atoms with van der Waals surface area (Å²) >= 11 is 3.41. The van der Waals surface area contributed by atoms with Crippen molar-refractivity contribution in [3.63, 3.8) is 0 Å². The van der Waals surface area contributed by atoms with Crippen LogP contribution in [0.4, 0.5) is 11.4 Å². The van der Waals surface area contributed by atoms with Gasteiger partial charge in [-0.15, -0.1) is 0 Å². The van der Waals surface area contributed by atoms with Crippen LogP contribution in [0.3, 0.4) is 0 Å². The van der Waals surface area contributed by atoms with E-state index < -0.39 is 0 Å². The van der Waals surface area contributed by atoms with Crippen molar-refractivity contribution in [3.05, 3.63) is 58.1 Å². The summed E-state index contributed by atoms with van der Waals surface area (Å²) in [7, 11) is 0. The lowest BCUT2D eigenvalue weighted by Gasteiger charge is -2.30. The highest BCUT2D eigenvalue weighted by atomic mass is 79.9. The van der Waals surface area contributed by atoms with E-state index in [0.29, 0.717) is 6.54 Å². The normalized spacial score (nSPS) is 15.2. The minimum Gasteiger partial charge on any atom is -0.326 e. The van der Waals surface area contributed by atoms with Gasteiger partial charge in [-0.05, 0) is 69.6 Å². The fourth-order valence-corrected chi connectivity index (χ4v) is 3.91. The van der Waals surface area contributed by atoms with E-state index in [-0.39, 0.29) is 17.7 Å². The molecule has 6 heteroatoms. The Bertz CT molecular complexity index is 861. The monoisotopic (exact) mass is 443 g/mol. The predicted molar refractivity (Wildman–Crippen MR) is 116 cm³/mol. The standard InChI is InChI=1S/C22H26BrN3O2/c1-15-6-7-20(16(2)12-15)25-21(27)14-26-10-8-17(9-11-26)22(28)24-19-5-3-4-18(23)13-19/h3-7,12-13,17H,8-11,14H2,1-2H3,(H,24,28)(H,25,27). The molecule has 1 heterocycles. The van der Waals surface area contributed by atoms with Gasteiger partial charge in [0.05, 0.1) is 6.54 Å². The molecule has 3 rings (SSSR count). The van der Waals surface area contributed by atoms with Crippen LogP contribution in [0.15, 0.2) is 46.9 Å². The molecule has 148 valence electrons. The molecule has 0 radical (unpaired) electrons. The summed E-state index contributed by atoms with van der Waals surface area (Å²) in [6.07, 6.45) is 1.52. The van der Waals surface area contributed by atoms with E-state index in [1.165, 1.54) is 5.56 Å². The number of benzene rings is 2. The highest BCUT2D eigenvalue weighted by Crippen LogP contribution is 2.22. The van der Waals surface area contributed by atoms with Gasteiger partial charge < -0.3 is 10.6 Å². The Balaban J connectivity index is 1.45. The number of amides is 2. The smallest absolute Gasteiger partial charge is 0.238 e. The van der Waals surface area contributed by atoms with Crippen molar-refractivity contribution < 1.29 is 9.59 Å². The molecule has 1 aliphatic rings. The minimum atomic E-state index is -0.0161. The third-order valence-corrected chi connectivity index (χ3v) is 5.57. The number of hydrogen-bond acceptors (Lipinski definition) is 3. The van der Waals surface area contributed by atoms with Crippen molar-refractivity contribution in [2.75, 3.05) is 30.3 Å². The van der Waals surface area contributed by atoms with Crippen LogP contribution in [0, 0.1) is 19.8 Å². The maximum absolute atomic E-state index is 12.5. The second kappa shape index (κ2) is 9.34. The van der Waals surface area contributed by atoms with Crippen molar-refractivity contribution >= 4 is 39.1 Å². The molecule has 0 bridgehead atoms. The second-order valence-electron chi connectivity index (χ2n) is 7.42. The molecule has 2 aromatic carbocycles. The number of carbonyl (C=O) groups excluding carboxylic acids is 2. The van der Waals surface area contributed by atoms with E-state index in [2.05, 4.69) is 37.5 Å². The molecular formula is C22H26BrN3O2. The summed E-state index contributed by atoms with van der Waals surface area (Å²) < 4.78 is 0.940. The SMILES string of the molecule is Cc1ccc(NC(=O)CN2CCC(C(=O)Nc3cccc(Br)c3)CC2)c(C)c1. The molecule has 0 atom stereocenters. The molecule has 1 saturated heterocycles. The van der Waals surface area contributed by atoms with Crippen LogP contribution in [-0.4, -0.2) is 36.3 Å². The quantitative estimate of drug-likeness (QED) is 0.721. The number of halogens is 1. The van der Waals surface area contributed by atoms with Crippen molar-refractivity contribution in [1.82, 2.24) is 4.90 Å². The first-order valence-electron chi connectivity index (χ1n) is 9.56. The number of piperidine rings is 1. The highest BCUT2D eigenvalue weighted by Gasteiger charge is 2.26. The lowest BCUT2D eigenvalue weighted by atomic mass is 9.96. The second-order valence-corrected chi connectivity index (χ2v) is 8.33. The average molecular weight is 444 g/mol. The maximum Gasteiger partial charge on any atom is 0.238 e. The van der Waals surface area contributed by atoms with E-state index in [1.54, 1.807) is 0 Å². The van der Waals surface area contributed by atoms with Crippen LogP contribution in [0.5, 0.6) is 0 Å². The Morgan fingerprint density at radius 1 is 1.07 bits per heavy atom. The van der Waals surface area contributed by atoms with E-state index in [4.69, 9.17) is 0 Å². The Morgan fingerprint density at radius 3 is 2.50 bits per heavy atom. The molecule has 2 amide bonds. The number of aryl methyl sites for hydroxylation is 2. The maximum atomic E-state index is 12.5. The van der Waals surface area contributed by atoms with E-state index in [1.807, 2.05) is 50.2 Å². The molecule has 2 N–H and O–H groups in total. The van der Waals surface area contributed by atoms with Crippen LogP contribution < -0.4 is 10.6 Å². The van der Waals surface area contributed by atoms with Gasteiger partial charge in [-0.3, -0.25) is 14.5 Å². The molecule has 0 aromatic heterocycles. The van der Waals surface area contributed by atoms with Gasteiger partial charge in [-0.2, -0.15) is 0 Å². The average Bonchev–Trinajstić information content (AvgIpc) is 2.64. The van der Waals surface area contributed by atoms with Crippen LogP contribution in [0.1, 0.15) is 24.0 Å². The van der Waals surface area contributed by atoms with Gasteiger partial charge in [-0.1, -0.05) is 39.7 Å². The molecule has 0 unspecified atom stereocenters. The third-order valence-electron chi connectivity index (χ3n) is 5.07. The Kier molecular flexibility index (Phi) is 6.86. The molecule has 28 heavy (non-hydrogen) atoms. The summed E-state index contributed by atoms with van der Waals surface area (Å²) in [5, 5.41) is 5.98. The molecule has 2 aromatic rings. The lowest BCUT2D eigenvalue weighted by Crippen LogP contribution is -2.41. The number of anilines is 2. The summed E-state index contributed by atoms with van der Waals surface area (Å²) in [5.41, 5.74) is 3.91. The molecule has 5 nitrogen and oxygen atoms in total. The summed E-state index contributed by atoms with van der Waals surface area (Å²) in [6.45, 7) is 5.88.